The molecule has 258 valence electrons. The van der Waals surface area contributed by atoms with E-state index in [4.69, 9.17) is 9.31 Å². The second-order valence-electron chi connectivity index (χ2n) is 14.9. The summed E-state index contributed by atoms with van der Waals surface area (Å²) >= 11 is 0. The third-order valence-corrected chi connectivity index (χ3v) is 10.8. The minimum atomic E-state index is -1.20. The monoisotopic (exact) mass is 667 g/mol. The first-order valence-corrected chi connectivity index (χ1v) is 17.2. The van der Waals surface area contributed by atoms with Gasteiger partial charge in [0.05, 0.1) is 23.8 Å². The van der Waals surface area contributed by atoms with Crippen molar-refractivity contribution in [1.82, 2.24) is 25.9 Å². The van der Waals surface area contributed by atoms with Gasteiger partial charge in [0.15, 0.2) is 0 Å². The number of phenols is 1. The van der Waals surface area contributed by atoms with E-state index < -0.39 is 42.6 Å². The van der Waals surface area contributed by atoms with Crippen LogP contribution < -0.4 is 16.0 Å². The Balaban J connectivity index is 1.24. The molecule has 4 fully saturated rings. The van der Waals surface area contributed by atoms with Crippen molar-refractivity contribution in [3.05, 3.63) is 90.0 Å². The Bertz CT molecular complexity index is 1640. The van der Waals surface area contributed by atoms with Gasteiger partial charge >= 0.3 is 7.12 Å². The molecule has 0 spiro atoms. The van der Waals surface area contributed by atoms with E-state index in [1.165, 1.54) is 30.7 Å². The van der Waals surface area contributed by atoms with Crippen LogP contribution in [0.15, 0.2) is 73.2 Å². The van der Waals surface area contributed by atoms with Crippen LogP contribution in [-0.2, 0) is 25.3 Å². The van der Waals surface area contributed by atoms with Gasteiger partial charge in [0.1, 0.15) is 23.5 Å². The second kappa shape index (κ2) is 13.9. The molecule has 7 rings (SSSR count). The van der Waals surface area contributed by atoms with Crippen LogP contribution in [-0.4, -0.2) is 63.6 Å². The molecular weight excluding hydrogens is 621 g/mol. The van der Waals surface area contributed by atoms with E-state index in [1.807, 2.05) is 30.3 Å². The van der Waals surface area contributed by atoms with Gasteiger partial charge in [0.2, 0.25) is 11.8 Å². The van der Waals surface area contributed by atoms with Gasteiger partial charge in [-0.15, -0.1) is 0 Å². The molecule has 1 aliphatic heterocycles. The number of rotatable bonds is 12. The minimum absolute atomic E-state index is 0.00603. The van der Waals surface area contributed by atoms with E-state index in [0.29, 0.717) is 23.8 Å². The Morgan fingerprint density at radius 2 is 1.69 bits per heavy atom. The van der Waals surface area contributed by atoms with Crippen LogP contribution in [0.4, 0.5) is 0 Å². The predicted molar refractivity (Wildman–Crippen MR) is 184 cm³/mol. The zero-order chi connectivity index (χ0) is 34.9. The van der Waals surface area contributed by atoms with E-state index >= 15 is 0 Å². The lowest BCUT2D eigenvalue weighted by molar-refractivity contribution is -0.199. The number of nitrogens with one attached hydrogen (secondary N) is 3. The summed E-state index contributed by atoms with van der Waals surface area (Å²) < 4.78 is 13.4. The summed E-state index contributed by atoms with van der Waals surface area (Å²) in [5.41, 5.74) is 1.04. The highest BCUT2D eigenvalue weighted by molar-refractivity contribution is 6.48. The lowest BCUT2D eigenvalue weighted by Crippen LogP contribution is -2.65. The largest absolute Gasteiger partial charge is 0.508 e. The summed E-state index contributed by atoms with van der Waals surface area (Å²) in [6.45, 7) is 11.0. The zero-order valence-corrected chi connectivity index (χ0v) is 28.8. The van der Waals surface area contributed by atoms with Crippen molar-refractivity contribution in [2.45, 2.75) is 90.0 Å². The zero-order valence-electron chi connectivity index (χ0n) is 28.8. The molecule has 2 bridgehead atoms. The molecule has 4 aliphatic rings. The van der Waals surface area contributed by atoms with Crippen molar-refractivity contribution in [3.8, 4) is 5.75 Å². The number of hydrogen-bond acceptors (Lipinski definition) is 8. The van der Waals surface area contributed by atoms with Gasteiger partial charge in [-0.2, -0.15) is 0 Å². The highest BCUT2D eigenvalue weighted by atomic mass is 16.7. The fraction of sp³-hybridized carbons (Fsp3) is 0.486. The number of aromatic nitrogens is 2. The van der Waals surface area contributed by atoms with Crippen molar-refractivity contribution < 1.29 is 28.8 Å². The number of carbonyl (C=O) groups is 3. The summed E-state index contributed by atoms with van der Waals surface area (Å²) in [5.74, 6) is -0.844. The van der Waals surface area contributed by atoms with Crippen molar-refractivity contribution in [2.24, 2.45) is 23.2 Å². The molecule has 1 unspecified atom stereocenters. The van der Waals surface area contributed by atoms with Gasteiger partial charge in [0.25, 0.3) is 5.91 Å². The summed E-state index contributed by atoms with van der Waals surface area (Å²) in [5, 5.41) is 18.8. The molecule has 2 aromatic carbocycles. The SMILES string of the molecule is CC(C)C[C@H](NC(=O)[C@H](Cc1ccccc1)NC(=O)[C@@H](NC(=O)c1cnccn1)c1ccc(O)cc1)B1O[C@@H]2C[C@@H]3CC(C3(C)C)[C@]2(C)O1. The van der Waals surface area contributed by atoms with Gasteiger partial charge in [-0.25, -0.2) is 4.98 Å². The Kier molecular flexibility index (Phi) is 9.82. The Morgan fingerprint density at radius 3 is 2.35 bits per heavy atom. The van der Waals surface area contributed by atoms with Crippen LogP contribution in [0.1, 0.15) is 81.5 Å². The molecule has 3 aromatic rings. The number of carbonyl (C=O) groups excluding carboxylic acids is 3. The summed E-state index contributed by atoms with van der Waals surface area (Å²) in [6.07, 6.45) is 6.97. The van der Waals surface area contributed by atoms with E-state index in [1.54, 1.807) is 12.1 Å². The smallest absolute Gasteiger partial charge is 0.481 e. The van der Waals surface area contributed by atoms with Gasteiger partial charge in [-0.05, 0) is 72.6 Å². The predicted octanol–water partition coefficient (Wildman–Crippen LogP) is 4.18. The molecule has 49 heavy (non-hydrogen) atoms. The van der Waals surface area contributed by atoms with Crippen LogP contribution in [0, 0.1) is 23.2 Å². The molecule has 3 aliphatic carbocycles. The number of aromatic hydroxyl groups is 1. The Labute approximate surface area is 288 Å². The van der Waals surface area contributed by atoms with Crippen molar-refractivity contribution >= 4 is 24.8 Å². The molecule has 0 radical (unpaired) electrons. The van der Waals surface area contributed by atoms with Crippen molar-refractivity contribution in [1.29, 1.82) is 0 Å². The van der Waals surface area contributed by atoms with E-state index in [0.717, 1.165) is 18.4 Å². The van der Waals surface area contributed by atoms with Gasteiger partial charge in [-0.3, -0.25) is 19.4 Å². The maximum absolute atomic E-state index is 14.3. The van der Waals surface area contributed by atoms with Gasteiger partial charge < -0.3 is 30.4 Å². The molecule has 2 heterocycles. The number of hydrogen-bond donors (Lipinski definition) is 4. The quantitative estimate of drug-likeness (QED) is 0.210. The van der Waals surface area contributed by atoms with Crippen LogP contribution >= 0.6 is 0 Å². The molecular formula is C37H46BN5O6. The third kappa shape index (κ3) is 7.21. The first kappa shape index (κ1) is 34.6. The second-order valence-corrected chi connectivity index (χ2v) is 14.9. The standard InChI is InChI=1S/C37H46BN5O6/c1-22(2)17-31(38-48-30-20-25-19-29(36(25,3)4)37(30,5)49-38)42-33(45)27(18-23-9-7-6-8-10-23)41-35(47)32(24-11-13-26(44)14-12-24)43-34(46)28-21-39-15-16-40-28/h6-16,21-22,25,27,29-32,44H,17-20H2,1-5H3,(H,41,47)(H,42,45)(H,43,46)/t25-,27-,29?,30+,31-,32-,37-/m0/s1. The molecule has 4 N–H and O–H groups in total. The van der Waals surface area contributed by atoms with E-state index in [2.05, 4.69) is 60.5 Å². The summed E-state index contributed by atoms with van der Waals surface area (Å²) in [6, 6.07) is 13.2. The molecule has 3 amide bonds. The van der Waals surface area contributed by atoms with Gasteiger partial charge in [0, 0.05) is 18.8 Å². The highest BCUT2D eigenvalue weighted by Gasteiger charge is 2.68. The first-order valence-electron chi connectivity index (χ1n) is 17.2. The van der Waals surface area contributed by atoms with E-state index in [9.17, 15) is 19.5 Å². The molecule has 11 nitrogen and oxygen atoms in total. The normalized spacial score (nSPS) is 25.3. The highest BCUT2D eigenvalue weighted by Crippen LogP contribution is 2.65. The average molecular weight is 668 g/mol. The maximum atomic E-state index is 14.3. The minimum Gasteiger partial charge on any atom is -0.508 e. The lowest BCUT2D eigenvalue weighted by Gasteiger charge is -2.64. The topological polar surface area (TPSA) is 152 Å². The van der Waals surface area contributed by atoms with E-state index in [-0.39, 0.29) is 41.2 Å². The van der Waals surface area contributed by atoms with Crippen LogP contribution in [0.3, 0.4) is 0 Å². The molecule has 12 heteroatoms. The van der Waals surface area contributed by atoms with Crippen LogP contribution in [0.25, 0.3) is 0 Å². The average Bonchev–Trinajstić information content (AvgIpc) is 3.45. The third-order valence-electron chi connectivity index (χ3n) is 10.8. The lowest BCUT2D eigenvalue weighted by atomic mass is 9.43. The van der Waals surface area contributed by atoms with Gasteiger partial charge in [-0.1, -0.05) is 70.2 Å². The Morgan fingerprint density at radius 1 is 0.959 bits per heavy atom. The fourth-order valence-electron chi connectivity index (χ4n) is 8.00. The fourth-order valence-corrected chi connectivity index (χ4v) is 8.00. The number of nitrogens with zero attached hydrogens (tertiary/aromatic N) is 2. The number of benzene rings is 2. The number of amides is 3. The molecule has 1 aromatic heterocycles. The molecule has 7 atom stereocenters. The summed E-state index contributed by atoms with van der Waals surface area (Å²) in [7, 11) is -0.624. The van der Waals surface area contributed by atoms with Crippen molar-refractivity contribution in [3.63, 3.8) is 0 Å². The van der Waals surface area contributed by atoms with Crippen LogP contribution in [0.2, 0.25) is 0 Å². The Hall–Kier alpha value is -4.29. The van der Waals surface area contributed by atoms with Crippen molar-refractivity contribution in [2.75, 3.05) is 0 Å². The molecule has 1 saturated heterocycles. The number of phenolic OH excluding ortho intramolecular Hbond substituents is 1. The first-order chi connectivity index (χ1) is 23.3. The maximum Gasteiger partial charge on any atom is 0.481 e. The summed E-state index contributed by atoms with van der Waals surface area (Å²) in [4.78, 5) is 49.5. The molecule has 3 saturated carbocycles. The van der Waals surface area contributed by atoms with Crippen LogP contribution in [0.5, 0.6) is 5.75 Å².